The van der Waals surface area contributed by atoms with Crippen LogP contribution < -0.4 is 10.6 Å². The van der Waals surface area contributed by atoms with Gasteiger partial charge in [0.1, 0.15) is 6.33 Å². The largest absolute Gasteiger partial charge is 0.353 e. The first kappa shape index (κ1) is 21.8. The highest BCUT2D eigenvalue weighted by atomic mass is 35.5. The van der Waals surface area contributed by atoms with Crippen LogP contribution in [0.1, 0.15) is 5.56 Å². The maximum Gasteiger partial charge on any atom is 0.353 e. The molecule has 0 bridgehead atoms. The summed E-state index contributed by atoms with van der Waals surface area (Å²) in [4.78, 5) is 19.4. The molecule has 1 aromatic heterocycles. The van der Waals surface area contributed by atoms with E-state index in [4.69, 9.17) is 11.6 Å². The van der Waals surface area contributed by atoms with E-state index < -0.39 is 4.92 Å². The van der Waals surface area contributed by atoms with Gasteiger partial charge in [0.2, 0.25) is 11.6 Å². The van der Waals surface area contributed by atoms with Crippen molar-refractivity contribution in [3.8, 4) is 0 Å². The number of nitrogens with one attached hydrogen (secondary N) is 2. The standard InChI is InChI=1S/C23H18ClN7O2/c1-15-7-8-16(24)13-20(15)28-23-21(31(32)33)22(25-14-26-23)27-17-9-11-19(12-10-17)30-29-18-5-3-2-4-6-18/h2-14H,1H3,(H2,25,26,27,28). The van der Waals surface area contributed by atoms with E-state index in [0.29, 0.717) is 22.1 Å². The van der Waals surface area contributed by atoms with Crippen molar-refractivity contribution in [1.82, 2.24) is 9.97 Å². The average molecular weight is 460 g/mol. The average Bonchev–Trinajstić information content (AvgIpc) is 2.81. The third-order valence-electron chi connectivity index (χ3n) is 4.62. The number of aryl methyl sites for hydroxylation is 1. The van der Waals surface area contributed by atoms with Gasteiger partial charge in [0.05, 0.1) is 16.3 Å². The monoisotopic (exact) mass is 459 g/mol. The van der Waals surface area contributed by atoms with Gasteiger partial charge in [-0.3, -0.25) is 10.1 Å². The number of benzene rings is 3. The van der Waals surface area contributed by atoms with Crippen LogP contribution >= 0.6 is 11.6 Å². The van der Waals surface area contributed by atoms with E-state index >= 15 is 0 Å². The molecule has 3 aromatic carbocycles. The summed E-state index contributed by atoms with van der Waals surface area (Å²) in [5.74, 6) is 0.104. The Morgan fingerprint density at radius 1 is 0.879 bits per heavy atom. The molecule has 0 saturated heterocycles. The summed E-state index contributed by atoms with van der Waals surface area (Å²) >= 11 is 6.06. The molecule has 4 rings (SSSR count). The van der Waals surface area contributed by atoms with Crippen molar-refractivity contribution in [2.75, 3.05) is 10.6 Å². The van der Waals surface area contributed by atoms with E-state index in [1.54, 1.807) is 36.4 Å². The van der Waals surface area contributed by atoms with Crippen LogP contribution in [0, 0.1) is 17.0 Å². The van der Waals surface area contributed by atoms with Gasteiger partial charge in [-0.05, 0) is 61.0 Å². The molecule has 0 aliphatic heterocycles. The number of hydrogen-bond donors (Lipinski definition) is 2. The third kappa shape index (κ3) is 5.46. The topological polar surface area (TPSA) is 118 Å². The number of nitro groups is 1. The zero-order valence-corrected chi connectivity index (χ0v) is 18.2. The van der Waals surface area contributed by atoms with Crippen molar-refractivity contribution >= 4 is 51.7 Å². The molecule has 2 N–H and O–H groups in total. The number of rotatable bonds is 7. The minimum Gasteiger partial charge on any atom is -0.334 e. The van der Waals surface area contributed by atoms with Crippen LogP contribution in [0.2, 0.25) is 5.02 Å². The summed E-state index contributed by atoms with van der Waals surface area (Å²) < 4.78 is 0. The van der Waals surface area contributed by atoms with Gasteiger partial charge in [0.25, 0.3) is 0 Å². The van der Waals surface area contributed by atoms with Crippen LogP contribution in [0.5, 0.6) is 0 Å². The molecular weight excluding hydrogens is 442 g/mol. The highest BCUT2D eigenvalue weighted by Gasteiger charge is 2.23. The van der Waals surface area contributed by atoms with Gasteiger partial charge < -0.3 is 10.6 Å². The Hall–Kier alpha value is -4.37. The summed E-state index contributed by atoms with van der Waals surface area (Å²) in [6, 6.07) is 21.6. The molecule has 0 aliphatic carbocycles. The Labute approximate surface area is 194 Å². The molecule has 1 heterocycles. The van der Waals surface area contributed by atoms with Crippen molar-refractivity contribution in [2.24, 2.45) is 10.2 Å². The van der Waals surface area contributed by atoms with Crippen molar-refractivity contribution < 1.29 is 4.92 Å². The molecule has 0 radical (unpaired) electrons. The first-order valence-electron chi connectivity index (χ1n) is 9.86. The smallest absolute Gasteiger partial charge is 0.334 e. The predicted octanol–water partition coefficient (Wildman–Crippen LogP) is 7.25. The highest BCUT2D eigenvalue weighted by molar-refractivity contribution is 6.30. The lowest BCUT2D eigenvalue weighted by Crippen LogP contribution is -2.06. The molecule has 0 spiro atoms. The van der Waals surface area contributed by atoms with Gasteiger partial charge in [-0.15, -0.1) is 0 Å². The van der Waals surface area contributed by atoms with E-state index in [0.717, 1.165) is 11.3 Å². The Kier molecular flexibility index (Phi) is 6.51. The fourth-order valence-electron chi connectivity index (χ4n) is 2.95. The van der Waals surface area contributed by atoms with Crippen LogP contribution in [0.25, 0.3) is 0 Å². The van der Waals surface area contributed by atoms with E-state index in [1.165, 1.54) is 6.33 Å². The normalized spacial score (nSPS) is 10.8. The molecule has 0 unspecified atom stereocenters. The van der Waals surface area contributed by atoms with Crippen molar-refractivity contribution in [1.29, 1.82) is 0 Å². The molecule has 0 amide bonds. The summed E-state index contributed by atoms with van der Waals surface area (Å²) in [5, 5.41) is 26.7. The van der Waals surface area contributed by atoms with E-state index in [1.807, 2.05) is 43.3 Å². The first-order valence-corrected chi connectivity index (χ1v) is 10.2. The summed E-state index contributed by atoms with van der Waals surface area (Å²) in [6.45, 7) is 1.86. The van der Waals surface area contributed by atoms with Crippen LogP contribution in [0.4, 0.5) is 40.1 Å². The fourth-order valence-corrected chi connectivity index (χ4v) is 3.12. The zero-order chi connectivity index (χ0) is 23.2. The quantitative estimate of drug-likeness (QED) is 0.171. The molecular formula is C23H18ClN7O2. The van der Waals surface area contributed by atoms with Crippen LogP contribution in [0.15, 0.2) is 89.4 Å². The Morgan fingerprint density at radius 2 is 1.52 bits per heavy atom. The lowest BCUT2D eigenvalue weighted by atomic mass is 10.2. The Bertz CT molecular complexity index is 1310. The minimum atomic E-state index is -0.535. The summed E-state index contributed by atoms with van der Waals surface area (Å²) in [7, 11) is 0. The maximum atomic E-state index is 11.8. The number of azo groups is 1. The molecule has 0 saturated carbocycles. The minimum absolute atomic E-state index is 0.0517. The molecule has 0 aliphatic rings. The number of halogens is 1. The van der Waals surface area contributed by atoms with Gasteiger partial charge in [-0.25, -0.2) is 9.97 Å². The maximum absolute atomic E-state index is 11.8. The van der Waals surface area contributed by atoms with E-state index in [9.17, 15) is 10.1 Å². The number of anilines is 4. The van der Waals surface area contributed by atoms with Crippen molar-refractivity contribution in [3.05, 3.63) is 99.8 Å². The van der Waals surface area contributed by atoms with Gasteiger partial charge in [-0.2, -0.15) is 10.2 Å². The predicted molar refractivity (Wildman–Crippen MR) is 129 cm³/mol. The van der Waals surface area contributed by atoms with Gasteiger partial charge in [-0.1, -0.05) is 35.9 Å². The lowest BCUT2D eigenvalue weighted by molar-refractivity contribution is -0.383. The number of nitrogens with zero attached hydrogens (tertiary/aromatic N) is 5. The van der Waals surface area contributed by atoms with Crippen LogP contribution in [-0.2, 0) is 0 Å². The molecule has 0 atom stereocenters. The lowest BCUT2D eigenvalue weighted by Gasteiger charge is -2.12. The second kappa shape index (κ2) is 9.84. The molecule has 0 fully saturated rings. The number of hydrogen-bond acceptors (Lipinski definition) is 8. The van der Waals surface area contributed by atoms with Crippen molar-refractivity contribution in [2.45, 2.75) is 6.92 Å². The summed E-state index contributed by atoms with van der Waals surface area (Å²) in [6.07, 6.45) is 1.25. The second-order valence-corrected chi connectivity index (χ2v) is 7.40. The number of aromatic nitrogens is 2. The molecule has 10 heteroatoms. The van der Waals surface area contributed by atoms with E-state index in [-0.39, 0.29) is 17.3 Å². The second-order valence-electron chi connectivity index (χ2n) is 6.97. The molecule has 4 aromatic rings. The van der Waals surface area contributed by atoms with Gasteiger partial charge in [0, 0.05) is 16.4 Å². The van der Waals surface area contributed by atoms with Crippen LogP contribution in [-0.4, -0.2) is 14.9 Å². The van der Waals surface area contributed by atoms with Gasteiger partial charge in [0.15, 0.2) is 0 Å². The van der Waals surface area contributed by atoms with E-state index in [2.05, 4.69) is 30.8 Å². The highest BCUT2D eigenvalue weighted by Crippen LogP contribution is 2.34. The Morgan fingerprint density at radius 3 is 2.18 bits per heavy atom. The van der Waals surface area contributed by atoms with Crippen molar-refractivity contribution in [3.63, 3.8) is 0 Å². The van der Waals surface area contributed by atoms with Gasteiger partial charge >= 0.3 is 5.69 Å². The van der Waals surface area contributed by atoms with Crippen LogP contribution in [0.3, 0.4) is 0 Å². The molecule has 33 heavy (non-hydrogen) atoms. The summed E-state index contributed by atoms with van der Waals surface area (Å²) in [5.41, 5.74) is 3.17. The zero-order valence-electron chi connectivity index (χ0n) is 17.4. The fraction of sp³-hybridized carbons (Fsp3) is 0.0435. The third-order valence-corrected chi connectivity index (χ3v) is 4.86. The molecule has 9 nitrogen and oxygen atoms in total. The molecule has 164 valence electrons. The Balaban J connectivity index is 1.56. The SMILES string of the molecule is Cc1ccc(Cl)cc1Nc1ncnc(Nc2ccc(N=Nc3ccccc3)cc2)c1[N+](=O)[O-]. The first-order chi connectivity index (χ1) is 16.0.